The van der Waals surface area contributed by atoms with Gasteiger partial charge in [-0.05, 0) is 42.5 Å². The highest BCUT2D eigenvalue weighted by Crippen LogP contribution is 2.32. The van der Waals surface area contributed by atoms with Crippen LogP contribution in [0.5, 0.6) is 0 Å². The van der Waals surface area contributed by atoms with Gasteiger partial charge in [0.15, 0.2) is 0 Å². The zero-order chi connectivity index (χ0) is 18.9. The summed E-state index contributed by atoms with van der Waals surface area (Å²) in [4.78, 5) is 18.3. The standard InChI is InChI=1S/C17H12BrF3N4O/c1-9(26)22-11-3-5-12(6-4-11)23-15-13-8-10(18)2-7-14(13)24-16(25-15)17(19,20)21/h2-8H,1H3,(H,22,26)(H,23,24,25). The summed E-state index contributed by atoms with van der Waals surface area (Å²) < 4.78 is 40.0. The number of carbonyl (C=O) groups is 1. The van der Waals surface area contributed by atoms with E-state index in [-0.39, 0.29) is 17.2 Å². The first kappa shape index (κ1) is 18.1. The van der Waals surface area contributed by atoms with Crippen molar-refractivity contribution >= 4 is 49.9 Å². The maximum atomic E-state index is 13.1. The van der Waals surface area contributed by atoms with Crippen LogP contribution in [-0.2, 0) is 11.0 Å². The van der Waals surface area contributed by atoms with Crippen LogP contribution in [0.1, 0.15) is 12.7 Å². The van der Waals surface area contributed by atoms with Crippen molar-refractivity contribution < 1.29 is 18.0 Å². The molecule has 1 amide bonds. The summed E-state index contributed by atoms with van der Waals surface area (Å²) >= 11 is 3.30. The van der Waals surface area contributed by atoms with Crippen molar-refractivity contribution in [3.8, 4) is 0 Å². The molecule has 2 aromatic carbocycles. The lowest BCUT2D eigenvalue weighted by Crippen LogP contribution is -2.12. The normalized spacial score (nSPS) is 11.4. The van der Waals surface area contributed by atoms with Crippen LogP contribution in [0, 0.1) is 0 Å². The van der Waals surface area contributed by atoms with Crippen LogP contribution in [0.2, 0.25) is 0 Å². The minimum atomic E-state index is -4.66. The highest BCUT2D eigenvalue weighted by atomic mass is 79.9. The molecule has 0 spiro atoms. The number of halogens is 4. The molecule has 0 radical (unpaired) electrons. The number of anilines is 3. The first-order valence-corrected chi connectivity index (χ1v) is 8.21. The van der Waals surface area contributed by atoms with E-state index in [1.54, 1.807) is 36.4 Å². The van der Waals surface area contributed by atoms with E-state index < -0.39 is 12.0 Å². The molecular weight excluding hydrogens is 413 g/mol. The van der Waals surface area contributed by atoms with Gasteiger partial charge in [-0.2, -0.15) is 13.2 Å². The number of nitrogens with zero attached hydrogens (tertiary/aromatic N) is 2. The van der Waals surface area contributed by atoms with Gasteiger partial charge in [-0.25, -0.2) is 9.97 Å². The molecular formula is C17H12BrF3N4O. The summed E-state index contributed by atoms with van der Waals surface area (Å²) in [5.74, 6) is -1.40. The van der Waals surface area contributed by atoms with Crippen molar-refractivity contribution in [1.29, 1.82) is 0 Å². The lowest BCUT2D eigenvalue weighted by Gasteiger charge is -2.13. The molecule has 26 heavy (non-hydrogen) atoms. The fourth-order valence-electron chi connectivity index (χ4n) is 2.30. The van der Waals surface area contributed by atoms with Crippen molar-refractivity contribution in [2.45, 2.75) is 13.1 Å². The van der Waals surface area contributed by atoms with Gasteiger partial charge in [0.05, 0.1) is 5.52 Å². The molecule has 0 aliphatic carbocycles. The van der Waals surface area contributed by atoms with Crippen LogP contribution in [0.4, 0.5) is 30.4 Å². The topological polar surface area (TPSA) is 66.9 Å². The SMILES string of the molecule is CC(=O)Nc1ccc(Nc2nc(C(F)(F)F)nc3ccc(Br)cc23)cc1. The maximum Gasteiger partial charge on any atom is 0.451 e. The zero-order valence-electron chi connectivity index (χ0n) is 13.4. The Bertz CT molecular complexity index is 974. The Kier molecular flexibility index (Phi) is 4.82. The summed E-state index contributed by atoms with van der Waals surface area (Å²) in [5.41, 5.74) is 1.27. The number of nitrogens with one attached hydrogen (secondary N) is 2. The summed E-state index contributed by atoms with van der Waals surface area (Å²) in [6.07, 6.45) is -4.66. The number of rotatable bonds is 3. The van der Waals surface area contributed by atoms with Gasteiger partial charge >= 0.3 is 6.18 Å². The second-order valence-electron chi connectivity index (χ2n) is 5.44. The van der Waals surface area contributed by atoms with Gasteiger partial charge in [0, 0.05) is 28.2 Å². The summed E-state index contributed by atoms with van der Waals surface area (Å²) in [5, 5.41) is 5.94. The van der Waals surface area contributed by atoms with E-state index >= 15 is 0 Å². The smallest absolute Gasteiger partial charge is 0.340 e. The van der Waals surface area contributed by atoms with Crippen LogP contribution in [-0.4, -0.2) is 15.9 Å². The van der Waals surface area contributed by atoms with Gasteiger partial charge in [0.2, 0.25) is 11.7 Å². The van der Waals surface area contributed by atoms with Crippen LogP contribution >= 0.6 is 15.9 Å². The number of alkyl halides is 3. The first-order valence-electron chi connectivity index (χ1n) is 7.41. The lowest BCUT2D eigenvalue weighted by atomic mass is 10.2. The molecule has 1 aromatic heterocycles. The molecule has 1 heterocycles. The summed E-state index contributed by atoms with van der Waals surface area (Å²) in [6, 6.07) is 11.3. The van der Waals surface area contributed by atoms with Gasteiger partial charge < -0.3 is 10.6 Å². The molecule has 0 atom stereocenters. The fourth-order valence-corrected chi connectivity index (χ4v) is 2.66. The number of hydrogen-bond donors (Lipinski definition) is 2. The van der Waals surface area contributed by atoms with Crippen LogP contribution in [0.15, 0.2) is 46.9 Å². The molecule has 0 aliphatic rings. The monoisotopic (exact) mass is 424 g/mol. The van der Waals surface area contributed by atoms with Crippen molar-refractivity contribution in [2.75, 3.05) is 10.6 Å². The first-order chi connectivity index (χ1) is 12.2. The molecule has 0 saturated heterocycles. The molecule has 134 valence electrons. The minimum absolute atomic E-state index is 0.0379. The average molecular weight is 425 g/mol. The van der Waals surface area contributed by atoms with Gasteiger partial charge in [-0.3, -0.25) is 4.79 Å². The van der Waals surface area contributed by atoms with E-state index in [0.717, 1.165) is 0 Å². The third kappa shape index (κ3) is 4.10. The number of amides is 1. The third-order valence-corrected chi connectivity index (χ3v) is 3.87. The predicted molar refractivity (Wildman–Crippen MR) is 96.3 cm³/mol. The maximum absolute atomic E-state index is 13.1. The van der Waals surface area contributed by atoms with Gasteiger partial charge in [-0.15, -0.1) is 0 Å². The Morgan fingerprint density at radius 1 is 1.04 bits per heavy atom. The zero-order valence-corrected chi connectivity index (χ0v) is 14.9. The number of benzene rings is 2. The molecule has 0 unspecified atom stereocenters. The predicted octanol–water partition coefficient (Wildman–Crippen LogP) is 5.11. The van der Waals surface area contributed by atoms with E-state index in [2.05, 4.69) is 36.5 Å². The molecule has 3 aromatic rings. The average Bonchev–Trinajstić information content (AvgIpc) is 2.55. The molecule has 0 bridgehead atoms. The van der Waals surface area contributed by atoms with E-state index in [4.69, 9.17) is 0 Å². The highest BCUT2D eigenvalue weighted by Gasteiger charge is 2.35. The fraction of sp³-hybridized carbons (Fsp3) is 0.118. The molecule has 9 heteroatoms. The second-order valence-corrected chi connectivity index (χ2v) is 6.35. The molecule has 0 aliphatic heterocycles. The van der Waals surface area contributed by atoms with Crippen LogP contribution in [0.3, 0.4) is 0 Å². The molecule has 0 saturated carbocycles. The van der Waals surface area contributed by atoms with Crippen molar-refractivity contribution in [3.63, 3.8) is 0 Å². The van der Waals surface area contributed by atoms with E-state index in [1.165, 1.54) is 13.0 Å². The summed E-state index contributed by atoms with van der Waals surface area (Å²) in [7, 11) is 0. The van der Waals surface area contributed by atoms with Crippen molar-refractivity contribution in [2.24, 2.45) is 0 Å². The lowest BCUT2D eigenvalue weighted by molar-refractivity contribution is -0.144. The Morgan fingerprint density at radius 2 is 1.69 bits per heavy atom. The highest BCUT2D eigenvalue weighted by molar-refractivity contribution is 9.10. The van der Waals surface area contributed by atoms with E-state index in [9.17, 15) is 18.0 Å². The number of fused-ring (bicyclic) bond motifs is 1. The number of carbonyl (C=O) groups excluding carboxylic acids is 1. The van der Waals surface area contributed by atoms with Crippen LogP contribution in [0.25, 0.3) is 10.9 Å². The second kappa shape index (κ2) is 6.91. The summed E-state index contributed by atoms with van der Waals surface area (Å²) in [6.45, 7) is 1.38. The van der Waals surface area contributed by atoms with E-state index in [1.807, 2.05) is 0 Å². The van der Waals surface area contributed by atoms with Gasteiger partial charge in [0.25, 0.3) is 0 Å². The Balaban J connectivity index is 2.02. The molecule has 5 nitrogen and oxygen atoms in total. The van der Waals surface area contributed by atoms with Gasteiger partial charge in [0.1, 0.15) is 5.82 Å². The van der Waals surface area contributed by atoms with Crippen molar-refractivity contribution in [1.82, 2.24) is 9.97 Å². The van der Waals surface area contributed by atoms with Crippen LogP contribution < -0.4 is 10.6 Å². The quantitative estimate of drug-likeness (QED) is 0.612. The van der Waals surface area contributed by atoms with Gasteiger partial charge in [-0.1, -0.05) is 15.9 Å². The number of hydrogen-bond acceptors (Lipinski definition) is 4. The third-order valence-electron chi connectivity index (χ3n) is 3.38. The molecule has 2 N–H and O–H groups in total. The largest absolute Gasteiger partial charge is 0.451 e. The van der Waals surface area contributed by atoms with E-state index in [0.29, 0.717) is 21.2 Å². The van der Waals surface area contributed by atoms with Crippen molar-refractivity contribution in [3.05, 3.63) is 52.8 Å². The minimum Gasteiger partial charge on any atom is -0.340 e. The molecule has 0 fully saturated rings. The Labute approximate surface area is 154 Å². The Morgan fingerprint density at radius 3 is 2.31 bits per heavy atom. The number of aromatic nitrogens is 2. The Hall–Kier alpha value is -2.68. The molecule has 3 rings (SSSR count).